The van der Waals surface area contributed by atoms with Crippen molar-refractivity contribution in [3.63, 3.8) is 0 Å². The van der Waals surface area contributed by atoms with Crippen LogP contribution in [0.3, 0.4) is 0 Å². The Labute approximate surface area is 151 Å². The van der Waals surface area contributed by atoms with Crippen LogP contribution in [0.4, 0.5) is 5.69 Å². The Balaban J connectivity index is 1.98. The topological polar surface area (TPSA) is 73.3 Å². The van der Waals surface area contributed by atoms with Crippen LogP contribution < -0.4 is 14.8 Å². The zero-order valence-electron chi connectivity index (χ0n) is 14.8. The molecule has 2 heterocycles. The number of anilines is 1. The van der Waals surface area contributed by atoms with E-state index in [1.165, 1.54) is 6.92 Å². The first kappa shape index (κ1) is 17.4. The summed E-state index contributed by atoms with van der Waals surface area (Å²) in [4.78, 5) is 19.9. The first-order valence-electron chi connectivity index (χ1n) is 8.08. The van der Waals surface area contributed by atoms with E-state index in [0.717, 1.165) is 16.8 Å². The number of amides is 1. The van der Waals surface area contributed by atoms with Gasteiger partial charge in [0.15, 0.2) is 0 Å². The van der Waals surface area contributed by atoms with Gasteiger partial charge in [-0.25, -0.2) is 4.98 Å². The molecule has 0 unspecified atom stereocenters. The maximum absolute atomic E-state index is 11.3. The molecule has 0 aliphatic rings. The average Bonchev–Trinajstić information content (AvgIpc) is 2.61. The highest BCUT2D eigenvalue weighted by molar-refractivity contribution is 5.89. The van der Waals surface area contributed by atoms with Crippen LogP contribution in [0.2, 0.25) is 0 Å². The fourth-order valence-corrected chi connectivity index (χ4v) is 2.54. The van der Waals surface area contributed by atoms with Gasteiger partial charge in [-0.3, -0.25) is 9.78 Å². The summed E-state index contributed by atoms with van der Waals surface area (Å²) < 4.78 is 11.3. The predicted molar refractivity (Wildman–Crippen MR) is 99.6 cm³/mol. The van der Waals surface area contributed by atoms with Crippen LogP contribution in [0.15, 0.2) is 54.9 Å². The number of pyridine rings is 2. The Bertz CT molecular complexity index is 941. The highest BCUT2D eigenvalue weighted by Crippen LogP contribution is 2.34. The Kier molecular flexibility index (Phi) is 5.12. The Morgan fingerprint density at radius 2 is 1.85 bits per heavy atom. The number of hydrogen-bond acceptors (Lipinski definition) is 5. The lowest BCUT2D eigenvalue weighted by Crippen LogP contribution is -2.06. The van der Waals surface area contributed by atoms with Crippen LogP contribution in [-0.2, 0) is 4.79 Å². The molecule has 0 radical (unpaired) electrons. The predicted octanol–water partition coefficient (Wildman–Crippen LogP) is 4.21. The largest absolute Gasteiger partial charge is 0.497 e. The van der Waals surface area contributed by atoms with Crippen LogP contribution in [0.25, 0.3) is 11.1 Å². The molecule has 6 nitrogen and oxygen atoms in total. The molecule has 3 aromatic rings. The smallest absolute Gasteiger partial charge is 0.227 e. The van der Waals surface area contributed by atoms with E-state index in [1.807, 2.05) is 31.2 Å². The van der Waals surface area contributed by atoms with Crippen molar-refractivity contribution in [1.29, 1.82) is 0 Å². The number of ether oxygens (including phenoxy) is 2. The third-order valence-corrected chi connectivity index (χ3v) is 3.63. The highest BCUT2D eigenvalue weighted by Gasteiger charge is 2.11. The van der Waals surface area contributed by atoms with Crippen molar-refractivity contribution in [3.05, 3.63) is 60.6 Å². The Morgan fingerprint density at radius 1 is 1.04 bits per heavy atom. The van der Waals surface area contributed by atoms with Gasteiger partial charge in [-0.05, 0) is 36.8 Å². The van der Waals surface area contributed by atoms with E-state index in [0.29, 0.717) is 23.1 Å². The van der Waals surface area contributed by atoms with Crippen molar-refractivity contribution >= 4 is 11.6 Å². The number of methoxy groups -OCH3 is 1. The first-order valence-corrected chi connectivity index (χ1v) is 8.08. The second kappa shape index (κ2) is 7.65. The summed E-state index contributed by atoms with van der Waals surface area (Å²) in [6.45, 7) is 3.38. The van der Waals surface area contributed by atoms with Crippen molar-refractivity contribution in [1.82, 2.24) is 9.97 Å². The average molecular weight is 349 g/mol. The minimum atomic E-state index is -0.171. The summed E-state index contributed by atoms with van der Waals surface area (Å²) in [6.07, 6.45) is 3.42. The number of nitrogens with one attached hydrogen (secondary N) is 1. The lowest BCUT2D eigenvalue weighted by Gasteiger charge is -2.13. The van der Waals surface area contributed by atoms with Gasteiger partial charge in [0.2, 0.25) is 11.8 Å². The number of benzene rings is 1. The van der Waals surface area contributed by atoms with E-state index in [-0.39, 0.29) is 5.91 Å². The maximum atomic E-state index is 11.3. The molecule has 0 bridgehead atoms. The molecular weight excluding hydrogens is 330 g/mol. The molecule has 1 amide bonds. The van der Waals surface area contributed by atoms with Crippen molar-refractivity contribution in [3.8, 4) is 28.5 Å². The van der Waals surface area contributed by atoms with E-state index in [1.54, 1.807) is 37.7 Å². The molecule has 0 aliphatic heterocycles. The van der Waals surface area contributed by atoms with E-state index in [9.17, 15) is 4.79 Å². The van der Waals surface area contributed by atoms with Gasteiger partial charge < -0.3 is 14.8 Å². The first-order chi connectivity index (χ1) is 12.5. The molecule has 3 rings (SSSR count). The van der Waals surface area contributed by atoms with Crippen LogP contribution in [0, 0.1) is 6.92 Å². The Morgan fingerprint density at radius 3 is 2.58 bits per heavy atom. The monoisotopic (exact) mass is 349 g/mol. The van der Waals surface area contributed by atoms with Gasteiger partial charge >= 0.3 is 0 Å². The van der Waals surface area contributed by atoms with E-state index in [4.69, 9.17) is 9.47 Å². The molecule has 26 heavy (non-hydrogen) atoms. The second-order valence-corrected chi connectivity index (χ2v) is 5.72. The van der Waals surface area contributed by atoms with Crippen LogP contribution in [0.5, 0.6) is 17.4 Å². The summed E-state index contributed by atoms with van der Waals surface area (Å²) in [6, 6.07) is 12.9. The molecule has 0 fully saturated rings. The summed E-state index contributed by atoms with van der Waals surface area (Å²) in [5.74, 6) is 1.37. The minimum absolute atomic E-state index is 0.171. The molecule has 0 saturated heterocycles. The number of carbonyl (C=O) groups is 1. The third kappa shape index (κ3) is 4.16. The number of nitrogens with zero attached hydrogens (tertiary/aromatic N) is 2. The number of aromatic nitrogens is 2. The van der Waals surface area contributed by atoms with Crippen LogP contribution >= 0.6 is 0 Å². The molecule has 0 atom stereocenters. The quantitative estimate of drug-likeness (QED) is 0.747. The van der Waals surface area contributed by atoms with E-state index >= 15 is 0 Å². The molecule has 0 saturated carbocycles. The van der Waals surface area contributed by atoms with Gasteiger partial charge in [-0.15, -0.1) is 0 Å². The summed E-state index contributed by atoms with van der Waals surface area (Å²) >= 11 is 0. The number of carbonyl (C=O) groups excluding carboxylic acids is 1. The van der Waals surface area contributed by atoms with Crippen molar-refractivity contribution in [2.24, 2.45) is 0 Å². The summed E-state index contributed by atoms with van der Waals surface area (Å²) in [5, 5.41) is 2.73. The molecular formula is C20H19N3O3. The van der Waals surface area contributed by atoms with E-state index < -0.39 is 0 Å². The molecule has 1 aromatic carbocycles. The fraction of sp³-hybridized carbons (Fsp3) is 0.150. The molecule has 132 valence electrons. The fourth-order valence-electron chi connectivity index (χ4n) is 2.54. The zero-order valence-corrected chi connectivity index (χ0v) is 14.8. The molecule has 6 heteroatoms. The Hall–Kier alpha value is -3.41. The number of hydrogen-bond donors (Lipinski definition) is 1. The van der Waals surface area contributed by atoms with Gasteiger partial charge in [0.05, 0.1) is 7.11 Å². The standard InChI is InChI=1S/C20H19N3O3/c1-13-9-15(6-8-21-13)19-5-4-7-22-20(19)26-18-11-16(23-14(2)24)10-17(12-18)25-3/h4-12H,1-3H3,(H,23,24). The third-order valence-electron chi connectivity index (χ3n) is 3.63. The molecule has 1 N–H and O–H groups in total. The highest BCUT2D eigenvalue weighted by atomic mass is 16.5. The van der Waals surface area contributed by atoms with Crippen LogP contribution in [0.1, 0.15) is 12.6 Å². The normalized spacial score (nSPS) is 10.3. The van der Waals surface area contributed by atoms with Gasteiger partial charge in [0, 0.05) is 54.5 Å². The van der Waals surface area contributed by atoms with Gasteiger partial charge in [0.25, 0.3) is 0 Å². The SMILES string of the molecule is COc1cc(NC(C)=O)cc(Oc2ncccc2-c2ccnc(C)c2)c1. The van der Waals surface area contributed by atoms with E-state index in [2.05, 4.69) is 15.3 Å². The number of aryl methyl sites for hydroxylation is 1. The van der Waals surface area contributed by atoms with Gasteiger partial charge in [-0.1, -0.05) is 0 Å². The van der Waals surface area contributed by atoms with Gasteiger partial charge in [-0.2, -0.15) is 0 Å². The number of rotatable bonds is 5. The summed E-state index contributed by atoms with van der Waals surface area (Å²) in [7, 11) is 1.56. The summed E-state index contributed by atoms with van der Waals surface area (Å²) in [5.41, 5.74) is 3.31. The van der Waals surface area contributed by atoms with Crippen molar-refractivity contribution in [2.75, 3.05) is 12.4 Å². The lowest BCUT2D eigenvalue weighted by atomic mass is 10.1. The maximum Gasteiger partial charge on any atom is 0.227 e. The minimum Gasteiger partial charge on any atom is -0.497 e. The second-order valence-electron chi connectivity index (χ2n) is 5.72. The molecule has 0 aliphatic carbocycles. The molecule has 2 aromatic heterocycles. The van der Waals surface area contributed by atoms with Crippen molar-refractivity contribution in [2.45, 2.75) is 13.8 Å². The molecule has 0 spiro atoms. The van der Waals surface area contributed by atoms with Gasteiger partial charge in [0.1, 0.15) is 11.5 Å². The zero-order chi connectivity index (χ0) is 18.5. The lowest BCUT2D eigenvalue weighted by molar-refractivity contribution is -0.114. The van der Waals surface area contributed by atoms with Crippen LogP contribution in [-0.4, -0.2) is 23.0 Å². The van der Waals surface area contributed by atoms with Crippen molar-refractivity contribution < 1.29 is 14.3 Å².